The first-order chi connectivity index (χ1) is 16.3. The third-order valence-corrected chi connectivity index (χ3v) is 4.92. The quantitative estimate of drug-likeness (QED) is 0.0985. The van der Waals surface area contributed by atoms with E-state index < -0.39 is 66.2 Å². The number of nitrogens with two attached hydrogens (primary N) is 2. The highest BCUT2D eigenvalue weighted by Crippen LogP contribution is 2.08. The van der Waals surface area contributed by atoms with E-state index in [1.807, 2.05) is 0 Å². The van der Waals surface area contributed by atoms with Gasteiger partial charge < -0.3 is 42.7 Å². The lowest BCUT2D eigenvalue weighted by molar-refractivity contribution is -0.144. The zero-order valence-electron chi connectivity index (χ0n) is 20.0. The summed E-state index contributed by atoms with van der Waals surface area (Å²) in [5.41, 5.74) is 11.1. The van der Waals surface area contributed by atoms with Gasteiger partial charge in [0.25, 0.3) is 0 Å². The van der Waals surface area contributed by atoms with Gasteiger partial charge in [-0.25, -0.2) is 4.79 Å². The maximum absolute atomic E-state index is 12.9. The van der Waals surface area contributed by atoms with Crippen molar-refractivity contribution in [3.8, 4) is 0 Å². The summed E-state index contributed by atoms with van der Waals surface area (Å²) in [5, 5.41) is 34.1. The lowest BCUT2D eigenvalue weighted by Gasteiger charge is -2.25. The fourth-order valence-corrected chi connectivity index (χ4v) is 3.07. The van der Waals surface area contributed by atoms with Crippen molar-refractivity contribution in [3.05, 3.63) is 0 Å². The van der Waals surface area contributed by atoms with Crippen LogP contribution in [0.2, 0.25) is 0 Å². The molecule has 0 aromatic heterocycles. The smallest absolute Gasteiger partial charge is 0.326 e. The van der Waals surface area contributed by atoms with Crippen molar-refractivity contribution in [2.45, 2.75) is 83.0 Å². The topological polar surface area (TPSA) is 251 Å². The molecule has 0 aliphatic rings. The number of unbranched alkanes of at least 4 members (excludes halogenated alkanes) is 1. The Labute approximate surface area is 203 Å². The Morgan fingerprint density at radius 3 is 1.77 bits per heavy atom. The number of hydrogen-bond acceptors (Lipinski definition) is 8. The van der Waals surface area contributed by atoms with Crippen LogP contribution < -0.4 is 27.4 Å². The van der Waals surface area contributed by atoms with Gasteiger partial charge in [0.1, 0.15) is 18.1 Å². The average molecular weight is 504 g/mol. The fourth-order valence-electron chi connectivity index (χ4n) is 3.07. The number of carbonyl (C=O) groups excluding carboxylic acids is 3. The predicted molar refractivity (Wildman–Crippen MR) is 123 cm³/mol. The van der Waals surface area contributed by atoms with Crippen molar-refractivity contribution >= 4 is 35.6 Å². The van der Waals surface area contributed by atoms with Gasteiger partial charge in [-0.15, -0.1) is 0 Å². The second-order valence-corrected chi connectivity index (χ2v) is 8.57. The Morgan fingerprint density at radius 2 is 1.29 bits per heavy atom. The molecule has 0 aliphatic carbocycles. The highest BCUT2D eigenvalue weighted by atomic mass is 16.4. The van der Waals surface area contributed by atoms with E-state index in [1.165, 1.54) is 0 Å². The zero-order valence-corrected chi connectivity index (χ0v) is 20.0. The van der Waals surface area contributed by atoms with Gasteiger partial charge in [-0.2, -0.15) is 0 Å². The maximum Gasteiger partial charge on any atom is 0.326 e. The van der Waals surface area contributed by atoms with Crippen LogP contribution in [0.1, 0.15) is 58.8 Å². The molecule has 0 aromatic rings. The van der Waals surface area contributed by atoms with Gasteiger partial charge in [-0.05, 0) is 44.6 Å². The van der Waals surface area contributed by atoms with E-state index in [9.17, 15) is 39.0 Å². The summed E-state index contributed by atoms with van der Waals surface area (Å²) >= 11 is 0. The van der Waals surface area contributed by atoms with Gasteiger partial charge in [-0.3, -0.25) is 24.0 Å². The molecule has 200 valence electrons. The second-order valence-electron chi connectivity index (χ2n) is 8.57. The molecule has 4 atom stereocenters. The summed E-state index contributed by atoms with van der Waals surface area (Å²) in [7, 11) is 0. The first-order valence-electron chi connectivity index (χ1n) is 11.3. The average Bonchev–Trinajstić information content (AvgIpc) is 2.74. The van der Waals surface area contributed by atoms with Crippen LogP contribution in [0.4, 0.5) is 0 Å². The van der Waals surface area contributed by atoms with Crippen LogP contribution >= 0.6 is 0 Å². The first kappa shape index (κ1) is 31.7. The van der Waals surface area contributed by atoms with Crippen LogP contribution in [0, 0.1) is 5.92 Å². The molecular formula is C21H37N5O9. The number of rotatable bonds is 18. The number of aliphatic carboxylic acids is 3. The normalized spacial score (nSPS) is 14.3. The largest absolute Gasteiger partial charge is 0.481 e. The minimum absolute atomic E-state index is 0.0841. The van der Waals surface area contributed by atoms with Crippen molar-refractivity contribution in [2.24, 2.45) is 17.4 Å². The van der Waals surface area contributed by atoms with Crippen molar-refractivity contribution in [1.82, 2.24) is 16.0 Å². The monoisotopic (exact) mass is 503 g/mol. The Kier molecular flexibility index (Phi) is 14.9. The zero-order chi connectivity index (χ0) is 27.1. The van der Waals surface area contributed by atoms with E-state index in [0.717, 1.165) is 0 Å². The molecular weight excluding hydrogens is 466 g/mol. The molecule has 0 radical (unpaired) electrons. The van der Waals surface area contributed by atoms with E-state index in [2.05, 4.69) is 16.0 Å². The van der Waals surface area contributed by atoms with Crippen LogP contribution in [0.3, 0.4) is 0 Å². The molecule has 0 spiro atoms. The third-order valence-electron chi connectivity index (χ3n) is 4.92. The maximum atomic E-state index is 12.9. The van der Waals surface area contributed by atoms with E-state index in [0.29, 0.717) is 19.4 Å². The molecule has 0 saturated carbocycles. The Hall–Kier alpha value is -3.26. The molecule has 10 N–H and O–H groups in total. The van der Waals surface area contributed by atoms with Gasteiger partial charge >= 0.3 is 17.9 Å². The summed E-state index contributed by atoms with van der Waals surface area (Å²) in [4.78, 5) is 71.3. The van der Waals surface area contributed by atoms with Crippen LogP contribution in [0.15, 0.2) is 0 Å². The standard InChI is InChI=1S/C21H37N5O9/c1-11(2)9-15(21(34)35)26-20(33)14(10-17(29)30)25-19(32)13(5-3-4-8-22)24-18(31)12(23)6-7-16(27)28/h11-15H,3-10,22-23H2,1-2H3,(H,24,31)(H,25,32)(H,26,33)(H,27,28)(H,29,30)(H,34,35). The number of carbonyl (C=O) groups is 6. The van der Waals surface area contributed by atoms with Gasteiger partial charge in [0.15, 0.2) is 0 Å². The van der Waals surface area contributed by atoms with E-state index in [-0.39, 0.29) is 31.6 Å². The second kappa shape index (κ2) is 16.4. The molecule has 14 heteroatoms. The van der Waals surface area contributed by atoms with Crippen molar-refractivity contribution < 1.29 is 44.1 Å². The number of carboxylic acid groups (broad SMARTS) is 3. The molecule has 0 fully saturated rings. The highest BCUT2D eigenvalue weighted by Gasteiger charge is 2.31. The minimum Gasteiger partial charge on any atom is -0.481 e. The molecule has 0 aromatic carbocycles. The van der Waals surface area contributed by atoms with Crippen molar-refractivity contribution in [3.63, 3.8) is 0 Å². The Bertz CT molecular complexity index is 759. The van der Waals surface area contributed by atoms with E-state index >= 15 is 0 Å². The lowest BCUT2D eigenvalue weighted by atomic mass is 10.0. The van der Waals surface area contributed by atoms with E-state index in [1.54, 1.807) is 13.8 Å². The van der Waals surface area contributed by atoms with Crippen LogP contribution in [0.25, 0.3) is 0 Å². The number of amides is 3. The van der Waals surface area contributed by atoms with E-state index in [4.69, 9.17) is 16.6 Å². The molecule has 14 nitrogen and oxygen atoms in total. The SMILES string of the molecule is CC(C)CC(NC(=O)C(CC(=O)O)NC(=O)C(CCCCN)NC(=O)C(N)CCC(=O)O)C(=O)O. The number of nitrogens with one attached hydrogen (secondary N) is 3. The highest BCUT2D eigenvalue weighted by molar-refractivity contribution is 5.95. The summed E-state index contributed by atoms with van der Waals surface area (Å²) in [5.74, 6) is -6.63. The number of hydrogen-bond donors (Lipinski definition) is 8. The fraction of sp³-hybridized carbons (Fsp3) is 0.714. The summed E-state index contributed by atoms with van der Waals surface area (Å²) in [6.45, 7) is 3.81. The molecule has 0 heterocycles. The summed E-state index contributed by atoms with van der Waals surface area (Å²) in [6, 6.07) is -5.31. The van der Waals surface area contributed by atoms with Crippen molar-refractivity contribution in [2.75, 3.05) is 6.54 Å². The lowest BCUT2D eigenvalue weighted by Crippen LogP contribution is -2.57. The molecule has 3 amide bonds. The molecule has 0 bridgehead atoms. The van der Waals surface area contributed by atoms with Gasteiger partial charge in [0.2, 0.25) is 17.7 Å². The third kappa shape index (κ3) is 13.9. The molecule has 4 unspecified atom stereocenters. The first-order valence-corrected chi connectivity index (χ1v) is 11.3. The molecule has 0 saturated heterocycles. The summed E-state index contributed by atoms with van der Waals surface area (Å²) < 4.78 is 0. The predicted octanol–water partition coefficient (Wildman–Crippen LogP) is -1.63. The molecule has 0 rings (SSSR count). The van der Waals surface area contributed by atoms with Gasteiger partial charge in [-0.1, -0.05) is 13.8 Å². The van der Waals surface area contributed by atoms with Crippen LogP contribution in [0.5, 0.6) is 0 Å². The summed E-state index contributed by atoms with van der Waals surface area (Å²) in [6.07, 6.45) is -0.264. The van der Waals surface area contributed by atoms with Crippen LogP contribution in [-0.2, 0) is 28.8 Å². The minimum atomic E-state index is -1.61. The molecule has 0 aliphatic heterocycles. The number of carboxylic acids is 3. The van der Waals surface area contributed by atoms with Crippen molar-refractivity contribution in [1.29, 1.82) is 0 Å². The van der Waals surface area contributed by atoms with Gasteiger partial charge in [0.05, 0.1) is 12.5 Å². The Balaban J connectivity index is 5.51. The van der Waals surface area contributed by atoms with Gasteiger partial charge in [0, 0.05) is 6.42 Å². The molecule has 35 heavy (non-hydrogen) atoms. The van der Waals surface area contributed by atoms with Crippen LogP contribution in [-0.4, -0.2) is 81.7 Å². The Morgan fingerprint density at radius 1 is 0.743 bits per heavy atom.